The molecule has 2 aromatic rings. The minimum absolute atomic E-state index is 0.240. The zero-order chi connectivity index (χ0) is 7.68. The molecule has 0 saturated carbocycles. The molecule has 0 aliphatic rings. The third kappa shape index (κ3) is 1.07. The third-order valence-corrected chi connectivity index (χ3v) is 1.57. The molecule has 0 radical (unpaired) electrons. The van der Waals surface area contributed by atoms with E-state index in [1.165, 1.54) is 12.1 Å². The van der Waals surface area contributed by atoms with Gasteiger partial charge >= 0.3 is 0 Å². The van der Waals surface area contributed by atoms with Crippen LogP contribution in [0.25, 0.3) is 10.9 Å². The van der Waals surface area contributed by atoms with Crippen molar-refractivity contribution in [3.63, 3.8) is 0 Å². The average molecular weight is 147 g/mol. The Bertz CT molecular complexity index is 384. The molecule has 0 unspecified atom stereocenters. The Morgan fingerprint density at radius 3 is 3.00 bits per heavy atom. The molecule has 0 aliphatic heterocycles. The summed E-state index contributed by atoms with van der Waals surface area (Å²) in [6, 6.07) is 8.32. The van der Waals surface area contributed by atoms with E-state index in [9.17, 15) is 4.39 Å². The van der Waals surface area contributed by atoms with E-state index in [-0.39, 0.29) is 5.82 Å². The largest absolute Gasteiger partial charge is 0.256 e. The molecule has 54 valence electrons. The quantitative estimate of drug-likeness (QED) is 0.557. The lowest BCUT2D eigenvalue weighted by molar-refractivity contribution is 0.629. The summed E-state index contributed by atoms with van der Waals surface area (Å²) in [6.45, 7) is 0. The Morgan fingerprint density at radius 2 is 2.09 bits per heavy atom. The standard InChI is InChI=1S/C9H6FN/c10-8-4-3-7-2-1-5-11-9(7)6-8/h1-6H. The number of rotatable bonds is 0. The van der Waals surface area contributed by atoms with Crippen molar-refractivity contribution in [1.29, 1.82) is 0 Å². The highest BCUT2D eigenvalue weighted by Gasteiger charge is 1.93. The van der Waals surface area contributed by atoms with Gasteiger partial charge in [-0.15, -0.1) is 0 Å². The number of hydrogen-bond acceptors (Lipinski definition) is 1. The van der Waals surface area contributed by atoms with Gasteiger partial charge in [-0.05, 0) is 18.2 Å². The second-order valence-electron chi connectivity index (χ2n) is 2.34. The molecule has 0 bridgehead atoms. The lowest BCUT2D eigenvalue weighted by Crippen LogP contribution is -1.78. The molecular weight excluding hydrogens is 141 g/mol. The average Bonchev–Trinajstić information content (AvgIpc) is 2.04. The van der Waals surface area contributed by atoms with Gasteiger partial charge in [0.1, 0.15) is 5.82 Å². The fourth-order valence-corrected chi connectivity index (χ4v) is 1.04. The van der Waals surface area contributed by atoms with Gasteiger partial charge in [0.25, 0.3) is 0 Å². The van der Waals surface area contributed by atoms with Crippen LogP contribution in [0.4, 0.5) is 4.39 Å². The predicted octanol–water partition coefficient (Wildman–Crippen LogP) is 2.37. The summed E-state index contributed by atoms with van der Waals surface area (Å²) in [6.07, 6.45) is 1.65. The maximum absolute atomic E-state index is 12.6. The van der Waals surface area contributed by atoms with Gasteiger partial charge < -0.3 is 0 Å². The second kappa shape index (κ2) is 2.31. The van der Waals surface area contributed by atoms with Crippen LogP contribution >= 0.6 is 0 Å². The predicted molar refractivity (Wildman–Crippen MR) is 41.7 cm³/mol. The smallest absolute Gasteiger partial charge is 0.125 e. The van der Waals surface area contributed by atoms with Gasteiger partial charge in [0.15, 0.2) is 0 Å². The second-order valence-corrected chi connectivity index (χ2v) is 2.34. The molecule has 0 atom stereocenters. The van der Waals surface area contributed by atoms with Gasteiger partial charge in [0, 0.05) is 17.6 Å². The van der Waals surface area contributed by atoms with Crippen LogP contribution < -0.4 is 0 Å². The molecule has 0 aliphatic carbocycles. The van der Waals surface area contributed by atoms with E-state index >= 15 is 0 Å². The highest BCUT2D eigenvalue weighted by molar-refractivity contribution is 5.77. The van der Waals surface area contributed by atoms with Crippen LogP contribution in [-0.4, -0.2) is 4.98 Å². The van der Waals surface area contributed by atoms with Crippen molar-refractivity contribution >= 4 is 10.9 Å². The van der Waals surface area contributed by atoms with Crippen molar-refractivity contribution in [3.05, 3.63) is 42.3 Å². The Kier molecular flexibility index (Phi) is 1.32. The molecule has 0 spiro atoms. The number of pyridine rings is 1. The van der Waals surface area contributed by atoms with Crippen molar-refractivity contribution in [1.82, 2.24) is 4.98 Å². The summed E-state index contributed by atoms with van der Waals surface area (Å²) in [4.78, 5) is 4.00. The van der Waals surface area contributed by atoms with E-state index in [1.807, 2.05) is 12.1 Å². The Hall–Kier alpha value is -1.44. The van der Waals surface area contributed by atoms with Crippen molar-refractivity contribution < 1.29 is 4.39 Å². The number of aromatic nitrogens is 1. The van der Waals surface area contributed by atoms with Crippen LogP contribution in [0.15, 0.2) is 36.5 Å². The number of nitrogens with zero attached hydrogens (tertiary/aromatic N) is 1. The van der Waals surface area contributed by atoms with Gasteiger partial charge in [0.2, 0.25) is 0 Å². The third-order valence-electron chi connectivity index (χ3n) is 1.57. The van der Waals surface area contributed by atoms with Crippen LogP contribution in [0, 0.1) is 5.82 Å². The summed E-state index contributed by atoms with van der Waals surface area (Å²) in [5.74, 6) is -0.240. The van der Waals surface area contributed by atoms with Gasteiger partial charge in [-0.25, -0.2) is 4.39 Å². The molecular formula is C9H6FN. The van der Waals surface area contributed by atoms with E-state index < -0.39 is 0 Å². The molecule has 2 heteroatoms. The van der Waals surface area contributed by atoms with Crippen molar-refractivity contribution in [2.45, 2.75) is 0 Å². The van der Waals surface area contributed by atoms with Crippen LogP contribution in [0.5, 0.6) is 0 Å². The molecule has 11 heavy (non-hydrogen) atoms. The van der Waals surface area contributed by atoms with E-state index in [2.05, 4.69) is 4.98 Å². The SMILES string of the molecule is Fc1ccc2cccnc2c1. The Morgan fingerprint density at radius 1 is 1.18 bits per heavy atom. The first kappa shape index (κ1) is 6.28. The Balaban J connectivity index is 2.83. The van der Waals surface area contributed by atoms with Crippen molar-refractivity contribution in [2.75, 3.05) is 0 Å². The summed E-state index contributed by atoms with van der Waals surface area (Å²) in [5, 5.41) is 0.967. The van der Waals surface area contributed by atoms with Crippen LogP contribution in [-0.2, 0) is 0 Å². The molecule has 1 aromatic carbocycles. The first-order valence-electron chi connectivity index (χ1n) is 3.36. The molecule has 0 amide bonds. The first-order chi connectivity index (χ1) is 5.36. The summed E-state index contributed by atoms with van der Waals surface area (Å²) in [5.41, 5.74) is 0.701. The molecule has 1 nitrogen and oxygen atoms in total. The van der Waals surface area contributed by atoms with Crippen molar-refractivity contribution in [3.8, 4) is 0 Å². The maximum atomic E-state index is 12.6. The molecule has 0 fully saturated rings. The van der Waals surface area contributed by atoms with E-state index in [1.54, 1.807) is 12.3 Å². The summed E-state index contributed by atoms with van der Waals surface area (Å²) >= 11 is 0. The Labute approximate surface area is 63.5 Å². The lowest BCUT2D eigenvalue weighted by atomic mass is 10.2. The topological polar surface area (TPSA) is 12.9 Å². The zero-order valence-electron chi connectivity index (χ0n) is 5.79. The molecule has 2 rings (SSSR count). The molecule has 1 heterocycles. The zero-order valence-corrected chi connectivity index (χ0v) is 5.79. The first-order valence-corrected chi connectivity index (χ1v) is 3.36. The molecule has 0 saturated heterocycles. The van der Waals surface area contributed by atoms with Crippen LogP contribution in [0.3, 0.4) is 0 Å². The normalized spacial score (nSPS) is 10.3. The molecule has 0 N–H and O–H groups in total. The van der Waals surface area contributed by atoms with Gasteiger partial charge in [0.05, 0.1) is 5.52 Å². The van der Waals surface area contributed by atoms with Gasteiger partial charge in [-0.3, -0.25) is 4.98 Å². The minimum atomic E-state index is -0.240. The fourth-order valence-electron chi connectivity index (χ4n) is 1.04. The highest BCUT2D eigenvalue weighted by Crippen LogP contribution is 2.11. The maximum Gasteiger partial charge on any atom is 0.125 e. The number of hydrogen-bond donors (Lipinski definition) is 0. The monoisotopic (exact) mass is 147 g/mol. The van der Waals surface area contributed by atoms with E-state index in [4.69, 9.17) is 0 Å². The highest BCUT2D eigenvalue weighted by atomic mass is 19.1. The molecule has 1 aromatic heterocycles. The van der Waals surface area contributed by atoms with Crippen molar-refractivity contribution in [2.24, 2.45) is 0 Å². The lowest BCUT2D eigenvalue weighted by Gasteiger charge is -1.93. The van der Waals surface area contributed by atoms with Crippen LogP contribution in [0.1, 0.15) is 0 Å². The minimum Gasteiger partial charge on any atom is -0.256 e. The van der Waals surface area contributed by atoms with E-state index in [0.29, 0.717) is 5.52 Å². The number of fused-ring (bicyclic) bond motifs is 1. The van der Waals surface area contributed by atoms with Crippen LogP contribution in [0.2, 0.25) is 0 Å². The number of halogens is 1. The number of benzene rings is 1. The van der Waals surface area contributed by atoms with E-state index in [0.717, 1.165) is 5.39 Å². The summed E-state index contributed by atoms with van der Waals surface area (Å²) in [7, 11) is 0. The van der Waals surface area contributed by atoms with Gasteiger partial charge in [-0.1, -0.05) is 6.07 Å². The van der Waals surface area contributed by atoms with Gasteiger partial charge in [-0.2, -0.15) is 0 Å². The summed E-state index contributed by atoms with van der Waals surface area (Å²) < 4.78 is 12.6. The fraction of sp³-hybridized carbons (Fsp3) is 0.